The number of rotatable bonds is 18. The molecule has 1 fully saturated rings. The molecular weight excluding hydrogens is 602 g/mol. The normalized spacial score (nSPS) is 19.8. The number of aliphatic hydroxyl groups is 5. The van der Waals surface area contributed by atoms with E-state index in [4.69, 9.17) is 31.9 Å². The molecule has 0 aliphatic carbocycles. The number of likely N-dealkylation sites (tertiary alicyclic amines) is 1. The SMILES string of the molecule is COc1cc(N)c(Cl)cc1C(=O)N[C@@H]1CCN(CCCCCC(=O)NCC(=O)NC[C@H](O)[C@@H](O)[C@H](O)[C@H](O)CO)C[C@@H]1OC. The lowest BCUT2D eigenvalue weighted by atomic mass is 10.00. The molecule has 0 unspecified atom stereocenters. The van der Waals surface area contributed by atoms with Crippen LogP contribution in [0.5, 0.6) is 5.75 Å². The monoisotopic (exact) mass is 647 g/mol. The van der Waals surface area contributed by atoms with Crippen LogP contribution in [0.2, 0.25) is 5.02 Å². The summed E-state index contributed by atoms with van der Waals surface area (Å²) in [6.45, 7) is 0.619. The lowest BCUT2D eigenvalue weighted by molar-refractivity contribution is -0.128. The zero-order valence-corrected chi connectivity index (χ0v) is 25.8. The number of anilines is 1. The molecule has 6 atom stereocenters. The second-order valence-electron chi connectivity index (χ2n) is 10.7. The molecule has 15 nitrogen and oxygen atoms in total. The van der Waals surface area contributed by atoms with Gasteiger partial charge in [-0.2, -0.15) is 0 Å². The van der Waals surface area contributed by atoms with Crippen LogP contribution < -0.4 is 26.4 Å². The summed E-state index contributed by atoms with van der Waals surface area (Å²) in [5, 5.41) is 55.4. The summed E-state index contributed by atoms with van der Waals surface area (Å²) in [6.07, 6.45) is -3.87. The number of methoxy groups -OCH3 is 2. The summed E-state index contributed by atoms with van der Waals surface area (Å²) in [5.41, 5.74) is 6.43. The van der Waals surface area contributed by atoms with Crippen LogP contribution in [0.3, 0.4) is 0 Å². The van der Waals surface area contributed by atoms with Gasteiger partial charge in [-0.1, -0.05) is 18.0 Å². The van der Waals surface area contributed by atoms with Gasteiger partial charge in [-0.25, -0.2) is 0 Å². The highest BCUT2D eigenvalue weighted by Crippen LogP contribution is 2.29. The van der Waals surface area contributed by atoms with E-state index >= 15 is 0 Å². The predicted molar refractivity (Wildman–Crippen MR) is 161 cm³/mol. The van der Waals surface area contributed by atoms with Crippen molar-refractivity contribution in [1.29, 1.82) is 0 Å². The van der Waals surface area contributed by atoms with Crippen molar-refractivity contribution in [1.82, 2.24) is 20.9 Å². The minimum atomic E-state index is -1.79. The fourth-order valence-corrected chi connectivity index (χ4v) is 4.94. The fraction of sp³-hybridized carbons (Fsp3) is 0.679. The molecule has 0 saturated carbocycles. The molecule has 250 valence electrons. The van der Waals surface area contributed by atoms with Crippen molar-refractivity contribution in [2.45, 2.75) is 68.7 Å². The molecule has 1 aromatic rings. The van der Waals surface area contributed by atoms with E-state index in [9.17, 15) is 34.8 Å². The number of nitrogen functional groups attached to an aromatic ring is 1. The Hall–Kier alpha value is -2.76. The van der Waals surface area contributed by atoms with Gasteiger partial charge in [-0.15, -0.1) is 0 Å². The number of piperidine rings is 1. The lowest BCUT2D eigenvalue weighted by Crippen LogP contribution is -2.54. The zero-order chi connectivity index (χ0) is 32.8. The summed E-state index contributed by atoms with van der Waals surface area (Å²) < 4.78 is 11.0. The molecule has 1 aromatic carbocycles. The molecule has 0 radical (unpaired) electrons. The quantitative estimate of drug-likeness (QED) is 0.0620. The molecule has 1 heterocycles. The Bertz CT molecular complexity index is 1080. The molecular formula is C28H46ClN5O10. The van der Waals surface area contributed by atoms with Crippen LogP contribution in [-0.2, 0) is 14.3 Å². The van der Waals surface area contributed by atoms with E-state index in [0.717, 1.165) is 25.9 Å². The first kappa shape index (κ1) is 37.4. The number of aliphatic hydroxyl groups excluding tert-OH is 5. The third-order valence-electron chi connectivity index (χ3n) is 7.48. The van der Waals surface area contributed by atoms with Crippen LogP contribution in [0.1, 0.15) is 42.5 Å². The number of nitrogens with zero attached hydrogens (tertiary/aromatic N) is 1. The molecule has 44 heavy (non-hydrogen) atoms. The zero-order valence-electron chi connectivity index (χ0n) is 25.1. The number of hydrogen-bond acceptors (Lipinski definition) is 12. The number of carbonyl (C=O) groups excluding carboxylic acids is 3. The lowest BCUT2D eigenvalue weighted by Gasteiger charge is -2.38. The Kier molecular flexibility index (Phi) is 16.1. The number of nitrogens with two attached hydrogens (primary N) is 1. The molecule has 1 aliphatic heterocycles. The van der Waals surface area contributed by atoms with E-state index in [2.05, 4.69) is 20.9 Å². The molecule has 0 bridgehead atoms. The van der Waals surface area contributed by atoms with Crippen LogP contribution in [0.25, 0.3) is 0 Å². The van der Waals surface area contributed by atoms with E-state index in [1.165, 1.54) is 19.2 Å². The Morgan fingerprint density at radius 3 is 2.41 bits per heavy atom. The Morgan fingerprint density at radius 1 is 1.05 bits per heavy atom. The summed E-state index contributed by atoms with van der Waals surface area (Å²) in [6, 6.07) is 2.79. The van der Waals surface area contributed by atoms with Gasteiger partial charge < -0.3 is 61.6 Å². The Labute approximate surface area is 261 Å². The number of ether oxygens (including phenoxy) is 2. The standard InChI is InChI=1S/C28H46ClN5O10/c1-43-22-11-18(30)17(29)10-16(22)28(42)33-19-7-9-34(14-23(19)44-2)8-5-3-4-6-24(38)32-13-25(39)31-12-20(36)26(40)27(41)21(37)15-35/h10-11,19-21,23,26-27,35-37,40-41H,3-9,12-15,30H2,1-2H3,(H,31,39)(H,32,38)(H,33,42)/t19-,20+,21-,23+,26-,27-/m1/s1. The van der Waals surface area contributed by atoms with Gasteiger partial charge in [0.1, 0.15) is 24.1 Å². The number of halogens is 1. The topological polar surface area (TPSA) is 236 Å². The number of hydrogen-bond donors (Lipinski definition) is 9. The number of amides is 3. The molecule has 16 heteroatoms. The van der Waals surface area contributed by atoms with Gasteiger partial charge in [0.05, 0.1) is 54.8 Å². The third-order valence-corrected chi connectivity index (χ3v) is 7.81. The predicted octanol–water partition coefficient (Wildman–Crippen LogP) is -2.02. The van der Waals surface area contributed by atoms with Crippen molar-refractivity contribution < 1.29 is 49.4 Å². The van der Waals surface area contributed by atoms with E-state index in [0.29, 0.717) is 36.4 Å². The van der Waals surface area contributed by atoms with Gasteiger partial charge >= 0.3 is 0 Å². The van der Waals surface area contributed by atoms with E-state index in [1.807, 2.05) is 0 Å². The van der Waals surface area contributed by atoms with E-state index < -0.39 is 43.5 Å². The van der Waals surface area contributed by atoms with Gasteiger partial charge in [0.15, 0.2) is 0 Å². The van der Waals surface area contributed by atoms with Gasteiger partial charge in [0.25, 0.3) is 5.91 Å². The fourth-order valence-electron chi connectivity index (χ4n) is 4.78. The van der Waals surface area contributed by atoms with Crippen LogP contribution in [0, 0.1) is 0 Å². The third kappa shape index (κ3) is 11.6. The van der Waals surface area contributed by atoms with Crippen molar-refractivity contribution >= 4 is 35.0 Å². The average molecular weight is 648 g/mol. The second kappa shape index (κ2) is 18.9. The summed E-state index contributed by atoms with van der Waals surface area (Å²) in [4.78, 5) is 39.2. The molecule has 3 amide bonds. The number of carbonyl (C=O) groups is 3. The smallest absolute Gasteiger partial charge is 0.255 e. The highest BCUT2D eigenvalue weighted by atomic mass is 35.5. The van der Waals surface area contributed by atoms with Crippen LogP contribution >= 0.6 is 11.6 Å². The van der Waals surface area contributed by atoms with Gasteiger partial charge in [-0.05, 0) is 31.9 Å². The Balaban J connectivity index is 1.64. The van der Waals surface area contributed by atoms with Crippen molar-refractivity contribution in [3.8, 4) is 5.75 Å². The first-order valence-corrected chi connectivity index (χ1v) is 14.8. The number of benzene rings is 1. The molecule has 0 aromatic heterocycles. The van der Waals surface area contributed by atoms with Crippen LogP contribution in [0.4, 0.5) is 5.69 Å². The molecule has 1 aliphatic rings. The minimum Gasteiger partial charge on any atom is -0.496 e. The maximum Gasteiger partial charge on any atom is 0.255 e. The summed E-state index contributed by atoms with van der Waals surface area (Å²) >= 11 is 6.11. The van der Waals surface area contributed by atoms with E-state index in [-0.39, 0.29) is 41.9 Å². The first-order chi connectivity index (χ1) is 20.9. The molecule has 2 rings (SSSR count). The maximum absolute atomic E-state index is 13.0. The maximum atomic E-state index is 13.0. The number of unbranched alkanes of at least 4 members (excludes halogenated alkanes) is 2. The van der Waals surface area contributed by atoms with E-state index in [1.54, 1.807) is 7.11 Å². The average Bonchev–Trinajstić information content (AvgIpc) is 3.02. The Morgan fingerprint density at radius 2 is 1.75 bits per heavy atom. The summed E-state index contributed by atoms with van der Waals surface area (Å²) in [5.74, 6) is -0.910. The minimum absolute atomic E-state index is 0.204. The van der Waals surface area contributed by atoms with Crippen LogP contribution in [0.15, 0.2) is 12.1 Å². The number of nitrogens with one attached hydrogen (secondary N) is 3. The summed E-state index contributed by atoms with van der Waals surface area (Å²) in [7, 11) is 3.06. The van der Waals surface area contributed by atoms with Gasteiger partial charge in [-0.3, -0.25) is 14.4 Å². The van der Waals surface area contributed by atoms with Crippen LogP contribution in [-0.4, -0.2) is 138 Å². The second-order valence-corrected chi connectivity index (χ2v) is 11.1. The largest absolute Gasteiger partial charge is 0.496 e. The molecule has 10 N–H and O–H groups in total. The van der Waals surface area contributed by atoms with Crippen molar-refractivity contribution in [2.24, 2.45) is 0 Å². The highest BCUT2D eigenvalue weighted by Gasteiger charge is 2.32. The first-order valence-electron chi connectivity index (χ1n) is 14.5. The molecule has 1 saturated heterocycles. The molecule has 0 spiro atoms. The highest BCUT2D eigenvalue weighted by molar-refractivity contribution is 6.33. The van der Waals surface area contributed by atoms with Gasteiger partial charge in [0.2, 0.25) is 11.8 Å². The van der Waals surface area contributed by atoms with Gasteiger partial charge in [0, 0.05) is 39.2 Å². The van der Waals surface area contributed by atoms with Crippen molar-refractivity contribution in [2.75, 3.05) is 59.3 Å². The van der Waals surface area contributed by atoms with Crippen molar-refractivity contribution in [3.05, 3.63) is 22.7 Å². The van der Waals surface area contributed by atoms with Crippen molar-refractivity contribution in [3.63, 3.8) is 0 Å².